The minimum atomic E-state index is 0.617. The van der Waals surface area contributed by atoms with Crippen molar-refractivity contribution in [2.75, 3.05) is 34.2 Å². The zero-order chi connectivity index (χ0) is 18.2. The number of amidine groups is 1. The first-order chi connectivity index (χ1) is 11.5. The molecule has 1 fully saturated rings. The molecule has 0 aromatic carbocycles. The van der Waals surface area contributed by atoms with Crippen molar-refractivity contribution < 1.29 is 0 Å². The molecule has 1 aliphatic rings. The van der Waals surface area contributed by atoms with Gasteiger partial charge in [-0.25, -0.2) is 0 Å². The second-order valence-electron chi connectivity index (χ2n) is 6.98. The molecule has 0 aromatic rings. The van der Waals surface area contributed by atoms with Gasteiger partial charge in [0.2, 0.25) is 0 Å². The number of hydrogen-bond donors (Lipinski definition) is 0. The molecule has 0 amide bonds. The highest BCUT2D eigenvalue weighted by molar-refractivity contribution is 5.79. The summed E-state index contributed by atoms with van der Waals surface area (Å²) in [7, 11) is 5.92. The Balaban J connectivity index is 0.000000446. The molecular formula is C20H42N4. The lowest BCUT2D eigenvalue weighted by atomic mass is 9.96. The molecule has 0 spiro atoms. The molecule has 0 atom stereocenters. The van der Waals surface area contributed by atoms with Gasteiger partial charge in [-0.2, -0.15) is 0 Å². The molecule has 0 heterocycles. The molecular weight excluding hydrogens is 296 g/mol. The van der Waals surface area contributed by atoms with Gasteiger partial charge in [0, 0.05) is 34.2 Å². The van der Waals surface area contributed by atoms with Crippen LogP contribution in [0.2, 0.25) is 0 Å². The summed E-state index contributed by atoms with van der Waals surface area (Å²) in [5.41, 5.74) is 0. The first-order valence-corrected chi connectivity index (χ1v) is 9.93. The van der Waals surface area contributed by atoms with Crippen molar-refractivity contribution in [3.8, 4) is 0 Å². The zero-order valence-corrected chi connectivity index (χ0v) is 17.2. The smallest absolute Gasteiger partial charge is 0.0954 e. The molecule has 0 unspecified atom stereocenters. The van der Waals surface area contributed by atoms with Crippen LogP contribution >= 0.6 is 0 Å². The van der Waals surface area contributed by atoms with E-state index in [0.29, 0.717) is 6.04 Å². The van der Waals surface area contributed by atoms with Crippen molar-refractivity contribution in [2.45, 2.75) is 84.6 Å². The molecule has 1 aliphatic carbocycles. The summed E-state index contributed by atoms with van der Waals surface area (Å²) in [4.78, 5) is 13.1. The molecule has 4 nitrogen and oxygen atoms in total. The monoisotopic (exact) mass is 338 g/mol. The topological polar surface area (TPSA) is 31.2 Å². The SMILES string of the molecule is CCCCN(CCCC)C(C)=NC.CN(C)C=NC1CCCCC1. The summed E-state index contributed by atoms with van der Waals surface area (Å²) < 4.78 is 0. The predicted molar refractivity (Wildman–Crippen MR) is 109 cm³/mol. The minimum absolute atomic E-state index is 0.617. The number of aliphatic imine (C=N–C) groups is 2. The number of rotatable bonds is 8. The van der Waals surface area contributed by atoms with Crippen molar-refractivity contribution >= 4 is 12.2 Å². The van der Waals surface area contributed by atoms with Crippen LogP contribution in [0.4, 0.5) is 0 Å². The van der Waals surface area contributed by atoms with Gasteiger partial charge < -0.3 is 9.80 Å². The maximum atomic E-state index is 4.48. The molecule has 0 aromatic heterocycles. The van der Waals surface area contributed by atoms with E-state index in [0.717, 1.165) is 0 Å². The summed E-state index contributed by atoms with van der Waals surface area (Å²) in [6.45, 7) is 8.90. The van der Waals surface area contributed by atoms with E-state index >= 15 is 0 Å². The van der Waals surface area contributed by atoms with E-state index in [1.54, 1.807) is 0 Å². The van der Waals surface area contributed by atoms with Crippen molar-refractivity contribution in [1.82, 2.24) is 9.80 Å². The highest BCUT2D eigenvalue weighted by Gasteiger charge is 2.10. The normalized spacial score (nSPS) is 16.0. The van der Waals surface area contributed by atoms with E-state index < -0.39 is 0 Å². The molecule has 4 heteroatoms. The molecule has 0 aliphatic heterocycles. The molecule has 1 rings (SSSR count). The second-order valence-corrected chi connectivity index (χ2v) is 6.98. The van der Waals surface area contributed by atoms with Crippen LogP contribution in [0.15, 0.2) is 9.98 Å². The lowest BCUT2D eigenvalue weighted by molar-refractivity contribution is 0.396. The van der Waals surface area contributed by atoms with Crippen molar-refractivity contribution in [3.05, 3.63) is 0 Å². The first kappa shape index (κ1) is 22.9. The van der Waals surface area contributed by atoms with Crippen LogP contribution in [-0.4, -0.2) is 62.2 Å². The Kier molecular flexibility index (Phi) is 14.8. The standard InChI is InChI=1S/C11H24N2.C9H18N2/c1-5-7-9-13(10-8-6-2)11(3)12-4;1-11(2)8-10-9-6-4-3-5-7-9/h5-10H2,1-4H3;8-9H,3-7H2,1-2H3. The zero-order valence-electron chi connectivity index (χ0n) is 17.2. The van der Waals surface area contributed by atoms with E-state index in [2.05, 4.69) is 35.7 Å². The number of nitrogens with zero attached hydrogens (tertiary/aromatic N) is 4. The Bertz CT molecular complexity index is 323. The van der Waals surface area contributed by atoms with E-state index in [1.165, 1.54) is 76.7 Å². The number of unbranched alkanes of at least 4 members (excludes halogenated alkanes) is 2. The van der Waals surface area contributed by atoms with Gasteiger partial charge in [-0.1, -0.05) is 46.0 Å². The van der Waals surface area contributed by atoms with Gasteiger partial charge in [-0.15, -0.1) is 0 Å². The summed E-state index contributed by atoms with van der Waals surface area (Å²) in [6.07, 6.45) is 13.8. The fourth-order valence-corrected chi connectivity index (χ4v) is 2.73. The quantitative estimate of drug-likeness (QED) is 0.468. The maximum Gasteiger partial charge on any atom is 0.0954 e. The molecule has 0 saturated heterocycles. The van der Waals surface area contributed by atoms with Crippen LogP contribution in [0, 0.1) is 0 Å². The molecule has 0 radical (unpaired) electrons. The van der Waals surface area contributed by atoms with Gasteiger partial charge in [-0.05, 0) is 32.6 Å². The van der Waals surface area contributed by atoms with Crippen LogP contribution in [-0.2, 0) is 0 Å². The van der Waals surface area contributed by atoms with Gasteiger partial charge in [0.25, 0.3) is 0 Å². The maximum absolute atomic E-state index is 4.48. The average molecular weight is 339 g/mol. The van der Waals surface area contributed by atoms with E-state index in [9.17, 15) is 0 Å². The van der Waals surface area contributed by atoms with Crippen LogP contribution < -0.4 is 0 Å². The molecule has 0 bridgehead atoms. The number of hydrogen-bond acceptors (Lipinski definition) is 2. The van der Waals surface area contributed by atoms with Crippen LogP contribution in [0.25, 0.3) is 0 Å². The summed E-state index contributed by atoms with van der Waals surface area (Å²) in [5, 5.41) is 0. The lowest BCUT2D eigenvalue weighted by Gasteiger charge is -2.23. The largest absolute Gasteiger partial charge is 0.369 e. The Morgan fingerprint density at radius 3 is 1.96 bits per heavy atom. The predicted octanol–water partition coefficient (Wildman–Crippen LogP) is 4.85. The highest BCUT2D eigenvalue weighted by Crippen LogP contribution is 2.19. The van der Waals surface area contributed by atoms with Crippen LogP contribution in [0.5, 0.6) is 0 Å². The third-order valence-corrected chi connectivity index (χ3v) is 4.43. The lowest BCUT2D eigenvalue weighted by Crippen LogP contribution is -2.30. The van der Waals surface area contributed by atoms with Gasteiger partial charge in [0.05, 0.1) is 18.2 Å². The first-order valence-electron chi connectivity index (χ1n) is 9.93. The Morgan fingerprint density at radius 2 is 1.54 bits per heavy atom. The molecule has 0 N–H and O–H groups in total. The molecule has 24 heavy (non-hydrogen) atoms. The van der Waals surface area contributed by atoms with Crippen molar-refractivity contribution in [3.63, 3.8) is 0 Å². The Hall–Kier alpha value is -1.06. The fourth-order valence-electron chi connectivity index (χ4n) is 2.73. The van der Waals surface area contributed by atoms with Crippen LogP contribution in [0.3, 0.4) is 0 Å². The Labute approximate surface area is 151 Å². The minimum Gasteiger partial charge on any atom is -0.369 e. The van der Waals surface area contributed by atoms with Gasteiger partial charge in [0.15, 0.2) is 0 Å². The van der Waals surface area contributed by atoms with Gasteiger partial charge in [0.1, 0.15) is 0 Å². The summed E-state index contributed by atoms with van der Waals surface area (Å²) in [5.74, 6) is 1.18. The molecule has 142 valence electrons. The van der Waals surface area contributed by atoms with Gasteiger partial charge in [-0.3, -0.25) is 9.98 Å². The third kappa shape index (κ3) is 12.4. The summed E-state index contributed by atoms with van der Waals surface area (Å²) in [6, 6.07) is 0.617. The van der Waals surface area contributed by atoms with E-state index in [1.807, 2.05) is 32.4 Å². The highest BCUT2D eigenvalue weighted by atomic mass is 15.2. The fraction of sp³-hybridized carbons (Fsp3) is 0.900. The summed E-state index contributed by atoms with van der Waals surface area (Å²) >= 11 is 0. The van der Waals surface area contributed by atoms with Gasteiger partial charge >= 0.3 is 0 Å². The van der Waals surface area contributed by atoms with E-state index in [-0.39, 0.29) is 0 Å². The second kappa shape index (κ2) is 15.5. The molecule has 1 saturated carbocycles. The van der Waals surface area contributed by atoms with E-state index in [4.69, 9.17) is 0 Å². The van der Waals surface area contributed by atoms with Crippen molar-refractivity contribution in [1.29, 1.82) is 0 Å². The third-order valence-electron chi connectivity index (χ3n) is 4.43. The van der Waals surface area contributed by atoms with Crippen molar-refractivity contribution in [2.24, 2.45) is 9.98 Å². The Morgan fingerprint density at radius 1 is 1.00 bits per heavy atom. The van der Waals surface area contributed by atoms with Crippen LogP contribution in [0.1, 0.15) is 78.6 Å². The average Bonchev–Trinajstić information content (AvgIpc) is 2.61.